The van der Waals surface area contributed by atoms with Crippen LogP contribution in [0.5, 0.6) is 0 Å². The van der Waals surface area contributed by atoms with Gasteiger partial charge in [-0.2, -0.15) is 0 Å². The van der Waals surface area contributed by atoms with E-state index in [-0.39, 0.29) is 24.7 Å². The molecule has 1 fully saturated rings. The van der Waals surface area contributed by atoms with Gasteiger partial charge in [0, 0.05) is 32.5 Å². The maximum atomic E-state index is 12.0. The first-order valence-electron chi connectivity index (χ1n) is 6.81. The molecule has 0 bridgehead atoms. The van der Waals surface area contributed by atoms with E-state index in [0.717, 1.165) is 0 Å². The van der Waals surface area contributed by atoms with Gasteiger partial charge in [-0.15, -0.1) is 0 Å². The largest absolute Gasteiger partial charge is 0.480 e. The minimum atomic E-state index is -0.957. The molecule has 1 aliphatic heterocycles. The Hall–Kier alpha value is -1.59. The minimum Gasteiger partial charge on any atom is -0.480 e. The first-order valence-corrected chi connectivity index (χ1v) is 6.81. The molecule has 0 aromatic heterocycles. The molecule has 108 valence electrons. The number of amides is 2. The molecule has 6 heteroatoms. The number of carboxylic acid groups (broad SMARTS) is 1. The van der Waals surface area contributed by atoms with Crippen LogP contribution in [0, 0.1) is 0 Å². The molecule has 1 rings (SSSR count). The molecule has 6 nitrogen and oxygen atoms in total. The fourth-order valence-electron chi connectivity index (χ4n) is 2.41. The topological polar surface area (TPSA) is 77.9 Å². The first-order chi connectivity index (χ1) is 9.01. The zero-order valence-corrected chi connectivity index (χ0v) is 11.6. The molecule has 0 radical (unpaired) electrons. The predicted molar refractivity (Wildman–Crippen MR) is 69.5 cm³/mol. The molecule has 0 aliphatic carbocycles. The molecule has 1 atom stereocenters. The van der Waals surface area contributed by atoms with Gasteiger partial charge >= 0.3 is 5.97 Å². The van der Waals surface area contributed by atoms with Gasteiger partial charge in [-0.1, -0.05) is 0 Å². The molecule has 1 saturated heterocycles. The van der Waals surface area contributed by atoms with Crippen LogP contribution in [0.2, 0.25) is 0 Å². The zero-order valence-electron chi connectivity index (χ0n) is 11.6. The SMILES string of the molecule is CCN(CC)C(=O)CCC(=O)N1CCC[C@H]1C(=O)O. The quantitative estimate of drug-likeness (QED) is 0.771. The van der Waals surface area contributed by atoms with Gasteiger partial charge in [-0.3, -0.25) is 9.59 Å². The standard InChI is InChI=1S/C13H22N2O4/c1-3-14(4-2)11(16)7-8-12(17)15-9-5-6-10(15)13(18)19/h10H,3-9H2,1-2H3,(H,18,19)/t10-/m0/s1. The van der Waals surface area contributed by atoms with Crippen molar-refractivity contribution in [2.75, 3.05) is 19.6 Å². The van der Waals surface area contributed by atoms with Crippen LogP contribution in [0.1, 0.15) is 39.5 Å². The summed E-state index contributed by atoms with van der Waals surface area (Å²) in [5.74, 6) is -1.24. The summed E-state index contributed by atoms with van der Waals surface area (Å²) >= 11 is 0. The van der Waals surface area contributed by atoms with Crippen molar-refractivity contribution >= 4 is 17.8 Å². The van der Waals surface area contributed by atoms with Gasteiger partial charge < -0.3 is 14.9 Å². The minimum absolute atomic E-state index is 0.0515. The van der Waals surface area contributed by atoms with E-state index in [1.807, 2.05) is 13.8 Å². The number of hydrogen-bond acceptors (Lipinski definition) is 3. The molecule has 1 N–H and O–H groups in total. The third kappa shape index (κ3) is 3.94. The number of aliphatic carboxylic acids is 1. The van der Waals surface area contributed by atoms with Crippen LogP contribution < -0.4 is 0 Å². The van der Waals surface area contributed by atoms with Crippen molar-refractivity contribution in [3.8, 4) is 0 Å². The second-order valence-corrected chi connectivity index (χ2v) is 4.65. The Morgan fingerprint density at radius 1 is 1.21 bits per heavy atom. The average molecular weight is 270 g/mol. The summed E-state index contributed by atoms with van der Waals surface area (Å²) in [4.78, 5) is 37.8. The number of carboxylic acids is 1. The second-order valence-electron chi connectivity index (χ2n) is 4.65. The maximum Gasteiger partial charge on any atom is 0.326 e. The Morgan fingerprint density at radius 2 is 1.84 bits per heavy atom. The number of nitrogens with zero attached hydrogens (tertiary/aromatic N) is 2. The first kappa shape index (κ1) is 15.5. The Balaban J connectivity index is 2.47. The van der Waals surface area contributed by atoms with Gasteiger partial charge in [0.05, 0.1) is 0 Å². The van der Waals surface area contributed by atoms with Crippen molar-refractivity contribution in [1.29, 1.82) is 0 Å². The molecule has 0 aromatic rings. The summed E-state index contributed by atoms with van der Waals surface area (Å²) in [6.07, 6.45) is 1.47. The summed E-state index contributed by atoms with van der Waals surface area (Å²) in [6.45, 7) is 5.53. The van der Waals surface area contributed by atoms with Crippen LogP contribution in [0.3, 0.4) is 0 Å². The number of likely N-dealkylation sites (tertiary alicyclic amines) is 1. The van der Waals surface area contributed by atoms with E-state index >= 15 is 0 Å². The van der Waals surface area contributed by atoms with Gasteiger partial charge in [0.25, 0.3) is 0 Å². The van der Waals surface area contributed by atoms with Crippen LogP contribution in [0.15, 0.2) is 0 Å². The lowest BCUT2D eigenvalue weighted by Crippen LogP contribution is -2.41. The maximum absolute atomic E-state index is 12.0. The van der Waals surface area contributed by atoms with Gasteiger partial charge in [-0.25, -0.2) is 4.79 Å². The third-order valence-corrected chi connectivity index (χ3v) is 3.53. The Morgan fingerprint density at radius 3 is 2.37 bits per heavy atom. The molecular formula is C13H22N2O4. The molecule has 2 amide bonds. The van der Waals surface area contributed by atoms with Crippen LogP contribution in [0.4, 0.5) is 0 Å². The van der Waals surface area contributed by atoms with E-state index in [2.05, 4.69) is 0 Å². The summed E-state index contributed by atoms with van der Waals surface area (Å²) < 4.78 is 0. The van der Waals surface area contributed by atoms with Gasteiger partial charge in [0.2, 0.25) is 11.8 Å². The van der Waals surface area contributed by atoms with Crippen molar-refractivity contribution in [3.63, 3.8) is 0 Å². The average Bonchev–Trinajstić information content (AvgIpc) is 2.86. The van der Waals surface area contributed by atoms with Crippen LogP contribution >= 0.6 is 0 Å². The number of rotatable bonds is 6. The second kappa shape index (κ2) is 7.11. The highest BCUT2D eigenvalue weighted by molar-refractivity contribution is 5.87. The summed E-state index contributed by atoms with van der Waals surface area (Å²) in [7, 11) is 0. The number of carbonyl (C=O) groups is 3. The summed E-state index contributed by atoms with van der Waals surface area (Å²) in [5, 5.41) is 9.01. The van der Waals surface area contributed by atoms with E-state index in [4.69, 9.17) is 5.11 Å². The van der Waals surface area contributed by atoms with E-state index in [9.17, 15) is 14.4 Å². The summed E-state index contributed by atoms with van der Waals surface area (Å²) in [6, 6.07) is -0.712. The molecular weight excluding hydrogens is 248 g/mol. The third-order valence-electron chi connectivity index (χ3n) is 3.53. The normalized spacial score (nSPS) is 18.4. The van der Waals surface area contributed by atoms with Crippen molar-refractivity contribution in [2.24, 2.45) is 0 Å². The van der Waals surface area contributed by atoms with Crippen LogP contribution in [-0.4, -0.2) is 58.4 Å². The highest BCUT2D eigenvalue weighted by atomic mass is 16.4. The Bertz CT molecular complexity index is 353. The van der Waals surface area contributed by atoms with E-state index in [1.165, 1.54) is 4.90 Å². The van der Waals surface area contributed by atoms with Crippen molar-refractivity contribution in [3.05, 3.63) is 0 Å². The lowest BCUT2D eigenvalue weighted by molar-refractivity contribution is -0.148. The highest BCUT2D eigenvalue weighted by Crippen LogP contribution is 2.19. The smallest absolute Gasteiger partial charge is 0.326 e. The highest BCUT2D eigenvalue weighted by Gasteiger charge is 2.33. The van der Waals surface area contributed by atoms with Crippen molar-refractivity contribution in [2.45, 2.75) is 45.6 Å². The van der Waals surface area contributed by atoms with Crippen LogP contribution in [0.25, 0.3) is 0 Å². The lowest BCUT2D eigenvalue weighted by Gasteiger charge is -2.22. The van der Waals surface area contributed by atoms with E-state index < -0.39 is 12.0 Å². The van der Waals surface area contributed by atoms with Crippen molar-refractivity contribution < 1.29 is 19.5 Å². The van der Waals surface area contributed by atoms with Gasteiger partial charge in [0.1, 0.15) is 6.04 Å². The Kier molecular flexibility index (Phi) is 5.79. The Labute approximate surface area is 113 Å². The fraction of sp³-hybridized carbons (Fsp3) is 0.769. The van der Waals surface area contributed by atoms with Gasteiger partial charge in [0.15, 0.2) is 0 Å². The zero-order chi connectivity index (χ0) is 14.4. The van der Waals surface area contributed by atoms with E-state index in [1.54, 1.807) is 4.90 Å². The molecule has 0 saturated carbocycles. The number of hydrogen-bond donors (Lipinski definition) is 1. The lowest BCUT2D eigenvalue weighted by atomic mass is 10.2. The van der Waals surface area contributed by atoms with Crippen LogP contribution in [-0.2, 0) is 14.4 Å². The monoisotopic (exact) mass is 270 g/mol. The molecule has 0 aromatic carbocycles. The predicted octanol–water partition coefficient (Wildman–Crippen LogP) is 0.711. The molecule has 0 unspecified atom stereocenters. The van der Waals surface area contributed by atoms with Gasteiger partial charge in [-0.05, 0) is 26.7 Å². The number of carbonyl (C=O) groups excluding carboxylic acids is 2. The van der Waals surface area contributed by atoms with E-state index in [0.29, 0.717) is 32.5 Å². The molecule has 1 heterocycles. The van der Waals surface area contributed by atoms with Crippen molar-refractivity contribution in [1.82, 2.24) is 9.80 Å². The molecule has 19 heavy (non-hydrogen) atoms. The molecule has 0 spiro atoms. The summed E-state index contributed by atoms with van der Waals surface area (Å²) in [5.41, 5.74) is 0. The fourth-order valence-corrected chi connectivity index (χ4v) is 2.41. The molecule has 1 aliphatic rings.